The van der Waals surface area contributed by atoms with Crippen LogP contribution >= 0.6 is 0 Å². The van der Waals surface area contributed by atoms with Gasteiger partial charge in [0.15, 0.2) is 0 Å². The van der Waals surface area contributed by atoms with Crippen LogP contribution < -0.4 is 16.4 Å². The maximum absolute atomic E-state index is 11.9. The average molecular weight is 279 g/mol. The summed E-state index contributed by atoms with van der Waals surface area (Å²) in [4.78, 5) is 20.6. The quantitative estimate of drug-likeness (QED) is 0.705. The largest absolute Gasteiger partial charge is 0.383 e. The number of rotatable bonds is 7. The standard InChI is InChI=1S/C14H25N5O/c1-5-7-11-18-12(15)9(3)13(19-11)17-10(4)14(20)16-8-6-2/h10H,5-8H2,1-4H3,(H,16,20)(H3,15,17,18,19). The molecule has 0 saturated heterocycles. The predicted molar refractivity (Wildman–Crippen MR) is 81.6 cm³/mol. The molecule has 0 aliphatic carbocycles. The Labute approximate surface area is 120 Å². The lowest BCUT2D eigenvalue weighted by Crippen LogP contribution is -2.38. The number of nitrogens with two attached hydrogens (primary N) is 1. The Morgan fingerprint density at radius 3 is 2.60 bits per heavy atom. The molecule has 1 heterocycles. The topological polar surface area (TPSA) is 92.9 Å². The normalized spacial score (nSPS) is 12.0. The molecule has 1 amide bonds. The van der Waals surface area contributed by atoms with Crippen LogP contribution in [0.25, 0.3) is 0 Å². The van der Waals surface area contributed by atoms with Gasteiger partial charge in [0.1, 0.15) is 23.5 Å². The Balaban J connectivity index is 2.82. The average Bonchev–Trinajstić information content (AvgIpc) is 2.41. The van der Waals surface area contributed by atoms with Crippen molar-refractivity contribution in [1.29, 1.82) is 0 Å². The summed E-state index contributed by atoms with van der Waals surface area (Å²) in [6.07, 6.45) is 2.64. The number of hydrogen-bond acceptors (Lipinski definition) is 5. The molecular weight excluding hydrogens is 254 g/mol. The second kappa shape index (κ2) is 7.67. The lowest BCUT2D eigenvalue weighted by atomic mass is 10.2. The van der Waals surface area contributed by atoms with Crippen LogP contribution in [0.5, 0.6) is 0 Å². The number of nitrogens with one attached hydrogen (secondary N) is 2. The van der Waals surface area contributed by atoms with Crippen LogP contribution in [0.3, 0.4) is 0 Å². The van der Waals surface area contributed by atoms with E-state index in [1.165, 1.54) is 0 Å². The number of carbonyl (C=O) groups is 1. The van der Waals surface area contributed by atoms with Gasteiger partial charge in [0, 0.05) is 18.5 Å². The molecule has 6 nitrogen and oxygen atoms in total. The van der Waals surface area contributed by atoms with E-state index >= 15 is 0 Å². The van der Waals surface area contributed by atoms with Crippen LogP contribution in [0.2, 0.25) is 0 Å². The van der Waals surface area contributed by atoms with Crippen molar-refractivity contribution in [1.82, 2.24) is 15.3 Å². The summed E-state index contributed by atoms with van der Waals surface area (Å²) in [5, 5.41) is 5.97. The lowest BCUT2D eigenvalue weighted by molar-refractivity contribution is -0.121. The minimum absolute atomic E-state index is 0.0412. The zero-order valence-corrected chi connectivity index (χ0v) is 12.8. The fraction of sp³-hybridized carbons (Fsp3) is 0.643. The van der Waals surface area contributed by atoms with Crippen LogP contribution in [-0.4, -0.2) is 28.5 Å². The van der Waals surface area contributed by atoms with Crippen LogP contribution in [0.4, 0.5) is 11.6 Å². The van der Waals surface area contributed by atoms with Gasteiger partial charge >= 0.3 is 0 Å². The van der Waals surface area contributed by atoms with Crippen molar-refractivity contribution in [2.24, 2.45) is 0 Å². The summed E-state index contributed by atoms with van der Waals surface area (Å²) >= 11 is 0. The minimum atomic E-state index is -0.357. The molecule has 0 fully saturated rings. The smallest absolute Gasteiger partial charge is 0.242 e. The second-order valence-corrected chi connectivity index (χ2v) is 4.91. The first-order chi connectivity index (χ1) is 9.49. The van der Waals surface area contributed by atoms with Gasteiger partial charge in [-0.25, -0.2) is 9.97 Å². The molecule has 0 saturated carbocycles. The van der Waals surface area contributed by atoms with Crippen molar-refractivity contribution in [3.8, 4) is 0 Å². The molecule has 0 spiro atoms. The van der Waals surface area contributed by atoms with Crippen LogP contribution in [0, 0.1) is 6.92 Å². The molecule has 0 aliphatic rings. The van der Waals surface area contributed by atoms with Crippen molar-refractivity contribution in [2.45, 2.75) is 53.0 Å². The monoisotopic (exact) mass is 279 g/mol. The Hall–Kier alpha value is -1.85. The Morgan fingerprint density at radius 1 is 1.30 bits per heavy atom. The molecule has 0 aliphatic heterocycles. The number of anilines is 2. The first-order valence-electron chi connectivity index (χ1n) is 7.16. The van der Waals surface area contributed by atoms with Gasteiger partial charge < -0.3 is 16.4 Å². The number of carbonyl (C=O) groups excluding carboxylic acids is 1. The van der Waals surface area contributed by atoms with Gasteiger partial charge in [-0.2, -0.15) is 0 Å². The highest BCUT2D eigenvalue weighted by molar-refractivity contribution is 5.84. The highest BCUT2D eigenvalue weighted by Gasteiger charge is 2.15. The number of aryl methyl sites for hydroxylation is 1. The van der Waals surface area contributed by atoms with Gasteiger partial charge in [-0.05, 0) is 26.7 Å². The van der Waals surface area contributed by atoms with E-state index in [1.54, 1.807) is 0 Å². The molecule has 0 radical (unpaired) electrons. The van der Waals surface area contributed by atoms with Gasteiger partial charge in [-0.1, -0.05) is 13.8 Å². The van der Waals surface area contributed by atoms with Crippen molar-refractivity contribution in [3.05, 3.63) is 11.4 Å². The van der Waals surface area contributed by atoms with E-state index in [0.29, 0.717) is 24.0 Å². The third-order valence-corrected chi connectivity index (χ3v) is 3.00. The summed E-state index contributed by atoms with van der Waals surface area (Å²) < 4.78 is 0. The van der Waals surface area contributed by atoms with Crippen molar-refractivity contribution in [2.75, 3.05) is 17.6 Å². The second-order valence-electron chi connectivity index (χ2n) is 4.91. The van der Waals surface area contributed by atoms with Gasteiger partial charge in [0.2, 0.25) is 5.91 Å². The Kier molecular flexibility index (Phi) is 6.21. The summed E-state index contributed by atoms with van der Waals surface area (Å²) in [5.74, 6) is 1.77. The minimum Gasteiger partial charge on any atom is -0.383 e. The highest BCUT2D eigenvalue weighted by Crippen LogP contribution is 2.18. The van der Waals surface area contributed by atoms with E-state index in [9.17, 15) is 4.79 Å². The van der Waals surface area contributed by atoms with E-state index in [1.807, 2.05) is 20.8 Å². The molecular formula is C14H25N5O. The summed E-state index contributed by atoms with van der Waals surface area (Å²) in [6, 6.07) is -0.357. The number of nitrogens with zero attached hydrogens (tertiary/aromatic N) is 2. The van der Waals surface area contributed by atoms with Crippen LogP contribution in [0.1, 0.15) is 45.0 Å². The third kappa shape index (κ3) is 4.36. The fourth-order valence-electron chi connectivity index (χ4n) is 1.73. The lowest BCUT2D eigenvalue weighted by Gasteiger charge is -2.17. The number of nitrogen functional groups attached to an aromatic ring is 1. The number of hydrogen-bond donors (Lipinski definition) is 3. The first-order valence-corrected chi connectivity index (χ1v) is 7.16. The Morgan fingerprint density at radius 2 is 2.00 bits per heavy atom. The molecule has 6 heteroatoms. The van der Waals surface area contributed by atoms with E-state index < -0.39 is 0 Å². The third-order valence-electron chi connectivity index (χ3n) is 3.00. The molecule has 0 aromatic carbocycles. The van der Waals surface area contributed by atoms with Crippen molar-refractivity contribution in [3.63, 3.8) is 0 Å². The van der Waals surface area contributed by atoms with Gasteiger partial charge in [0.25, 0.3) is 0 Å². The van der Waals surface area contributed by atoms with E-state index in [0.717, 1.165) is 24.8 Å². The molecule has 1 atom stereocenters. The molecule has 1 aromatic heterocycles. The van der Waals surface area contributed by atoms with Gasteiger partial charge in [0.05, 0.1) is 0 Å². The van der Waals surface area contributed by atoms with E-state index in [2.05, 4.69) is 27.5 Å². The molecule has 4 N–H and O–H groups in total. The van der Waals surface area contributed by atoms with Crippen molar-refractivity contribution >= 4 is 17.5 Å². The zero-order valence-electron chi connectivity index (χ0n) is 12.8. The summed E-state index contributed by atoms with van der Waals surface area (Å²) in [5.41, 5.74) is 6.67. The van der Waals surface area contributed by atoms with E-state index in [-0.39, 0.29) is 11.9 Å². The molecule has 1 rings (SSSR count). The SMILES string of the molecule is CCCNC(=O)C(C)Nc1nc(CCC)nc(N)c1C. The van der Waals surface area contributed by atoms with E-state index in [4.69, 9.17) is 5.73 Å². The molecule has 20 heavy (non-hydrogen) atoms. The first kappa shape index (κ1) is 16.2. The molecule has 0 bridgehead atoms. The van der Waals surface area contributed by atoms with Gasteiger partial charge in [-0.3, -0.25) is 4.79 Å². The maximum atomic E-state index is 11.9. The van der Waals surface area contributed by atoms with Crippen LogP contribution in [0.15, 0.2) is 0 Å². The molecule has 1 aromatic rings. The zero-order chi connectivity index (χ0) is 15.1. The molecule has 112 valence electrons. The molecule has 1 unspecified atom stereocenters. The van der Waals surface area contributed by atoms with Gasteiger partial charge in [-0.15, -0.1) is 0 Å². The highest BCUT2D eigenvalue weighted by atomic mass is 16.2. The van der Waals surface area contributed by atoms with Crippen LogP contribution in [-0.2, 0) is 11.2 Å². The fourth-order valence-corrected chi connectivity index (χ4v) is 1.73. The van der Waals surface area contributed by atoms with Crippen molar-refractivity contribution < 1.29 is 4.79 Å². The number of aromatic nitrogens is 2. The maximum Gasteiger partial charge on any atom is 0.242 e. The summed E-state index contributed by atoms with van der Waals surface area (Å²) in [7, 11) is 0. The predicted octanol–water partition coefficient (Wildman–Crippen LogP) is 1.65. The summed E-state index contributed by atoms with van der Waals surface area (Å²) in [6.45, 7) is 8.42. The Bertz CT molecular complexity index is 461. The number of amides is 1.